The summed E-state index contributed by atoms with van der Waals surface area (Å²) >= 11 is 0. The number of aliphatic hydroxyl groups excluding tert-OH is 1. The van der Waals surface area contributed by atoms with Crippen molar-refractivity contribution >= 4 is 0 Å². The summed E-state index contributed by atoms with van der Waals surface area (Å²) in [6, 6.07) is 20.2. The SMILES string of the molecule is O[C@@H](CN(Cc1nnnn1-c1ccccc1)C1CC1)c1ccccc1. The van der Waals surface area contributed by atoms with Gasteiger partial charge in [-0.25, -0.2) is 0 Å². The molecule has 0 amide bonds. The standard InChI is InChI=1S/C19H21N5O/c25-18(15-7-3-1-4-8-15)13-23(16-11-12-16)14-19-20-21-22-24(19)17-9-5-2-6-10-17/h1-10,16,18,25H,11-14H2/t18-/m0/s1. The minimum atomic E-state index is -0.511. The van der Waals surface area contributed by atoms with E-state index < -0.39 is 6.10 Å². The summed E-state index contributed by atoms with van der Waals surface area (Å²) in [5, 5.41) is 22.7. The van der Waals surface area contributed by atoms with Crippen LogP contribution in [-0.2, 0) is 6.54 Å². The molecule has 6 nitrogen and oxygen atoms in total. The Labute approximate surface area is 146 Å². The van der Waals surface area contributed by atoms with Crippen LogP contribution in [0.15, 0.2) is 60.7 Å². The first kappa shape index (κ1) is 15.9. The normalized spacial score (nSPS) is 15.4. The number of tetrazole rings is 1. The topological polar surface area (TPSA) is 67.1 Å². The van der Waals surface area contributed by atoms with Crippen molar-refractivity contribution in [3.8, 4) is 5.69 Å². The van der Waals surface area contributed by atoms with Crippen LogP contribution in [0.5, 0.6) is 0 Å². The zero-order chi connectivity index (χ0) is 17.1. The first-order valence-electron chi connectivity index (χ1n) is 8.61. The summed E-state index contributed by atoms with van der Waals surface area (Å²) in [5.41, 5.74) is 1.89. The molecule has 1 saturated carbocycles. The third kappa shape index (κ3) is 3.75. The highest BCUT2D eigenvalue weighted by Gasteiger charge is 2.31. The van der Waals surface area contributed by atoms with E-state index in [1.165, 1.54) is 0 Å². The van der Waals surface area contributed by atoms with Crippen LogP contribution in [0.1, 0.15) is 30.3 Å². The second-order valence-electron chi connectivity index (χ2n) is 6.43. The van der Waals surface area contributed by atoms with Crippen molar-refractivity contribution in [1.82, 2.24) is 25.1 Å². The molecule has 1 atom stereocenters. The van der Waals surface area contributed by atoms with Gasteiger partial charge in [0.25, 0.3) is 0 Å². The number of para-hydroxylation sites is 1. The highest BCUT2D eigenvalue weighted by molar-refractivity contribution is 5.30. The van der Waals surface area contributed by atoms with Crippen molar-refractivity contribution in [2.45, 2.75) is 31.5 Å². The molecule has 0 radical (unpaired) electrons. The van der Waals surface area contributed by atoms with E-state index >= 15 is 0 Å². The zero-order valence-electron chi connectivity index (χ0n) is 13.9. The van der Waals surface area contributed by atoms with Gasteiger partial charge in [-0.2, -0.15) is 4.68 Å². The van der Waals surface area contributed by atoms with E-state index in [-0.39, 0.29) is 0 Å². The Morgan fingerprint density at radius 2 is 1.72 bits per heavy atom. The van der Waals surface area contributed by atoms with Gasteiger partial charge in [0.05, 0.1) is 18.3 Å². The Kier molecular flexibility index (Phi) is 4.54. The third-order valence-electron chi connectivity index (χ3n) is 4.53. The van der Waals surface area contributed by atoms with Crippen molar-refractivity contribution in [2.24, 2.45) is 0 Å². The first-order chi connectivity index (χ1) is 12.3. The molecule has 0 saturated heterocycles. The van der Waals surface area contributed by atoms with Gasteiger partial charge in [0.1, 0.15) is 0 Å². The number of hydrogen-bond acceptors (Lipinski definition) is 5. The fourth-order valence-electron chi connectivity index (χ4n) is 3.04. The van der Waals surface area contributed by atoms with Gasteiger partial charge in [-0.1, -0.05) is 48.5 Å². The maximum atomic E-state index is 10.6. The highest BCUT2D eigenvalue weighted by Crippen LogP contribution is 2.30. The van der Waals surface area contributed by atoms with Crippen molar-refractivity contribution in [3.05, 3.63) is 72.1 Å². The first-order valence-corrected chi connectivity index (χ1v) is 8.61. The Hall–Kier alpha value is -2.57. The molecule has 128 valence electrons. The van der Waals surface area contributed by atoms with E-state index in [1.807, 2.05) is 60.7 Å². The van der Waals surface area contributed by atoms with Gasteiger partial charge in [-0.15, -0.1) is 5.10 Å². The maximum absolute atomic E-state index is 10.6. The fraction of sp³-hybridized carbons (Fsp3) is 0.316. The molecule has 1 heterocycles. The Morgan fingerprint density at radius 3 is 2.40 bits per heavy atom. The molecular weight excluding hydrogens is 314 g/mol. The van der Waals surface area contributed by atoms with E-state index in [0.717, 1.165) is 29.9 Å². The molecule has 0 aliphatic heterocycles. The molecule has 1 aliphatic carbocycles. The largest absolute Gasteiger partial charge is 0.387 e. The van der Waals surface area contributed by atoms with Crippen LogP contribution >= 0.6 is 0 Å². The predicted octanol–water partition coefficient (Wildman–Crippen LogP) is 2.36. The zero-order valence-corrected chi connectivity index (χ0v) is 13.9. The van der Waals surface area contributed by atoms with Crippen LogP contribution in [0.4, 0.5) is 0 Å². The molecule has 2 aromatic carbocycles. The average molecular weight is 335 g/mol. The van der Waals surface area contributed by atoms with Crippen LogP contribution < -0.4 is 0 Å². The quantitative estimate of drug-likeness (QED) is 0.718. The van der Waals surface area contributed by atoms with E-state index in [1.54, 1.807) is 4.68 Å². The van der Waals surface area contributed by atoms with Crippen molar-refractivity contribution < 1.29 is 5.11 Å². The van der Waals surface area contributed by atoms with E-state index in [0.29, 0.717) is 19.1 Å². The summed E-state index contributed by atoms with van der Waals surface area (Å²) < 4.78 is 1.77. The molecule has 1 N–H and O–H groups in total. The second-order valence-corrected chi connectivity index (χ2v) is 6.43. The molecule has 1 fully saturated rings. The minimum absolute atomic E-state index is 0.499. The number of benzene rings is 2. The minimum Gasteiger partial charge on any atom is -0.387 e. The molecule has 25 heavy (non-hydrogen) atoms. The molecule has 1 aliphatic rings. The van der Waals surface area contributed by atoms with Crippen LogP contribution in [0.2, 0.25) is 0 Å². The number of hydrogen-bond donors (Lipinski definition) is 1. The Balaban J connectivity index is 1.51. The summed E-state index contributed by atoms with van der Waals surface area (Å²) in [4.78, 5) is 2.28. The molecule has 1 aromatic heterocycles. The third-order valence-corrected chi connectivity index (χ3v) is 4.53. The van der Waals surface area contributed by atoms with Gasteiger partial charge < -0.3 is 5.11 Å². The Morgan fingerprint density at radius 1 is 1.04 bits per heavy atom. The van der Waals surface area contributed by atoms with Crippen molar-refractivity contribution in [2.75, 3.05) is 6.54 Å². The Bertz CT molecular complexity index is 801. The lowest BCUT2D eigenvalue weighted by Crippen LogP contribution is -2.31. The number of aromatic nitrogens is 4. The molecular formula is C19H21N5O. The van der Waals surface area contributed by atoms with Crippen LogP contribution in [-0.4, -0.2) is 42.8 Å². The van der Waals surface area contributed by atoms with Gasteiger partial charge >= 0.3 is 0 Å². The van der Waals surface area contributed by atoms with Crippen LogP contribution in [0.3, 0.4) is 0 Å². The summed E-state index contributed by atoms with van der Waals surface area (Å²) in [7, 11) is 0. The highest BCUT2D eigenvalue weighted by atomic mass is 16.3. The summed E-state index contributed by atoms with van der Waals surface area (Å²) in [6.07, 6.45) is 1.81. The second kappa shape index (κ2) is 7.13. The van der Waals surface area contributed by atoms with Crippen LogP contribution in [0, 0.1) is 0 Å². The molecule has 4 rings (SSSR count). The smallest absolute Gasteiger partial charge is 0.170 e. The van der Waals surface area contributed by atoms with Gasteiger partial charge in [0.2, 0.25) is 0 Å². The van der Waals surface area contributed by atoms with Gasteiger partial charge in [-0.05, 0) is 41.0 Å². The van der Waals surface area contributed by atoms with E-state index in [4.69, 9.17) is 0 Å². The number of rotatable bonds is 7. The molecule has 0 bridgehead atoms. The van der Waals surface area contributed by atoms with Gasteiger partial charge in [-0.3, -0.25) is 4.90 Å². The monoisotopic (exact) mass is 335 g/mol. The van der Waals surface area contributed by atoms with Gasteiger partial charge in [0.15, 0.2) is 5.82 Å². The van der Waals surface area contributed by atoms with Crippen molar-refractivity contribution in [3.63, 3.8) is 0 Å². The molecule has 0 unspecified atom stereocenters. The predicted molar refractivity (Wildman–Crippen MR) is 94.0 cm³/mol. The lowest BCUT2D eigenvalue weighted by atomic mass is 10.1. The summed E-state index contributed by atoms with van der Waals surface area (Å²) in [6.45, 7) is 1.20. The fourth-order valence-corrected chi connectivity index (χ4v) is 3.04. The molecule has 3 aromatic rings. The van der Waals surface area contributed by atoms with Crippen molar-refractivity contribution in [1.29, 1.82) is 0 Å². The summed E-state index contributed by atoms with van der Waals surface area (Å²) in [5.74, 6) is 0.790. The maximum Gasteiger partial charge on any atom is 0.170 e. The average Bonchev–Trinajstić information content (AvgIpc) is 3.41. The number of aliphatic hydroxyl groups is 1. The molecule has 0 spiro atoms. The van der Waals surface area contributed by atoms with Gasteiger partial charge in [0, 0.05) is 12.6 Å². The van der Waals surface area contributed by atoms with E-state index in [9.17, 15) is 5.11 Å². The lowest BCUT2D eigenvalue weighted by Gasteiger charge is -2.24. The lowest BCUT2D eigenvalue weighted by molar-refractivity contribution is 0.102. The van der Waals surface area contributed by atoms with E-state index in [2.05, 4.69) is 20.4 Å². The molecule has 6 heteroatoms. The number of nitrogens with zero attached hydrogens (tertiary/aromatic N) is 5. The van der Waals surface area contributed by atoms with Crippen LogP contribution in [0.25, 0.3) is 5.69 Å².